The topological polar surface area (TPSA) is 66.8 Å². The minimum Gasteiger partial charge on any atom is -0.480 e. The zero-order valence-corrected chi connectivity index (χ0v) is 14.5. The molecule has 0 saturated carbocycles. The van der Waals surface area contributed by atoms with Gasteiger partial charge in [-0.2, -0.15) is 0 Å². The van der Waals surface area contributed by atoms with Gasteiger partial charge < -0.3 is 9.84 Å². The molecule has 3 rings (SSSR count). The van der Waals surface area contributed by atoms with Crippen LogP contribution in [0.15, 0.2) is 59.5 Å². The maximum atomic E-state index is 12.3. The van der Waals surface area contributed by atoms with E-state index in [4.69, 9.17) is 22.1 Å². The smallest absolute Gasteiger partial charge is 0.323 e. The van der Waals surface area contributed by atoms with Gasteiger partial charge in [0.15, 0.2) is 0 Å². The van der Waals surface area contributed by atoms with Crippen LogP contribution in [-0.4, -0.2) is 32.7 Å². The van der Waals surface area contributed by atoms with Crippen molar-refractivity contribution in [2.75, 3.05) is 6.54 Å². The third-order valence-electron chi connectivity index (χ3n) is 3.30. The van der Waals surface area contributed by atoms with Crippen molar-refractivity contribution in [3.05, 3.63) is 65.1 Å². The van der Waals surface area contributed by atoms with E-state index in [0.29, 0.717) is 16.4 Å². The monoisotopic (exact) mass is 371 g/mol. The molecule has 0 radical (unpaired) electrons. The van der Waals surface area contributed by atoms with E-state index < -0.39 is 18.4 Å². The molecule has 5 nitrogen and oxygen atoms in total. The lowest BCUT2D eigenvalue weighted by Crippen LogP contribution is -2.33. The van der Waals surface area contributed by atoms with Gasteiger partial charge in [-0.05, 0) is 35.9 Å². The molecule has 2 aromatic rings. The highest BCUT2D eigenvalue weighted by atomic mass is 32.2. The zero-order valence-electron chi connectivity index (χ0n) is 12.9. The van der Waals surface area contributed by atoms with Gasteiger partial charge in [0.1, 0.15) is 22.4 Å². The predicted molar refractivity (Wildman–Crippen MR) is 100 cm³/mol. The Balaban J connectivity index is 1.80. The molecule has 1 N–H and O–H groups in total. The SMILES string of the molecule is O=C(O)CN1C(=O)C(=Cc2cccc(Oc3ccccc3)c2)SC1=S. The standard InChI is InChI=1S/C18H13NO4S2/c20-16(21)11-19-17(22)15(25-18(19)24)10-12-5-4-8-14(9-12)23-13-6-2-1-3-7-13/h1-10H,11H2,(H,20,21). The van der Waals surface area contributed by atoms with E-state index in [1.165, 1.54) is 0 Å². The van der Waals surface area contributed by atoms with E-state index in [1.807, 2.05) is 48.5 Å². The summed E-state index contributed by atoms with van der Waals surface area (Å²) < 4.78 is 6.02. The second kappa shape index (κ2) is 7.50. The molecule has 0 aromatic heterocycles. The van der Waals surface area contributed by atoms with Gasteiger partial charge in [-0.1, -0.05) is 54.3 Å². The molecule has 0 atom stereocenters. The number of aliphatic carboxylic acids is 1. The zero-order chi connectivity index (χ0) is 17.8. The summed E-state index contributed by atoms with van der Waals surface area (Å²) in [5.41, 5.74) is 0.768. The third-order valence-corrected chi connectivity index (χ3v) is 4.68. The van der Waals surface area contributed by atoms with Crippen molar-refractivity contribution < 1.29 is 19.4 Å². The lowest BCUT2D eigenvalue weighted by molar-refractivity contribution is -0.140. The molecule has 0 spiro atoms. The van der Waals surface area contributed by atoms with Crippen LogP contribution in [0.5, 0.6) is 11.5 Å². The average molecular weight is 371 g/mol. The Hall–Kier alpha value is -2.64. The molecule has 0 bridgehead atoms. The average Bonchev–Trinajstić information content (AvgIpc) is 2.83. The Morgan fingerprint density at radius 2 is 1.88 bits per heavy atom. The van der Waals surface area contributed by atoms with Crippen molar-refractivity contribution in [2.45, 2.75) is 0 Å². The molecule has 1 aliphatic heterocycles. The molecule has 0 aliphatic carbocycles. The second-order valence-corrected chi connectivity index (χ2v) is 6.82. The number of thioether (sulfide) groups is 1. The highest BCUT2D eigenvalue weighted by Crippen LogP contribution is 2.33. The van der Waals surface area contributed by atoms with Gasteiger partial charge in [0.25, 0.3) is 5.91 Å². The number of carbonyl (C=O) groups excluding carboxylic acids is 1. The van der Waals surface area contributed by atoms with Crippen LogP contribution in [0.25, 0.3) is 6.08 Å². The number of carbonyl (C=O) groups is 2. The first-order valence-corrected chi connectivity index (χ1v) is 8.55. The molecule has 1 heterocycles. The van der Waals surface area contributed by atoms with Crippen LogP contribution in [0.3, 0.4) is 0 Å². The fraction of sp³-hybridized carbons (Fsp3) is 0.0556. The molecular formula is C18H13NO4S2. The second-order valence-electron chi connectivity index (χ2n) is 5.15. The molecule has 25 heavy (non-hydrogen) atoms. The van der Waals surface area contributed by atoms with Gasteiger partial charge in [0.05, 0.1) is 4.91 Å². The summed E-state index contributed by atoms with van der Waals surface area (Å²) in [6.45, 7) is -0.431. The van der Waals surface area contributed by atoms with Gasteiger partial charge in [0.2, 0.25) is 0 Å². The molecule has 2 aromatic carbocycles. The van der Waals surface area contributed by atoms with E-state index >= 15 is 0 Å². The number of carboxylic acids is 1. The van der Waals surface area contributed by atoms with Crippen LogP contribution in [-0.2, 0) is 9.59 Å². The highest BCUT2D eigenvalue weighted by molar-refractivity contribution is 8.26. The molecule has 1 saturated heterocycles. The van der Waals surface area contributed by atoms with E-state index in [2.05, 4.69) is 0 Å². The highest BCUT2D eigenvalue weighted by Gasteiger charge is 2.33. The lowest BCUT2D eigenvalue weighted by atomic mass is 10.2. The summed E-state index contributed by atoms with van der Waals surface area (Å²) in [6.07, 6.45) is 1.68. The van der Waals surface area contributed by atoms with E-state index in [-0.39, 0.29) is 4.32 Å². The van der Waals surface area contributed by atoms with Crippen molar-refractivity contribution in [1.82, 2.24) is 4.90 Å². The number of rotatable bonds is 5. The summed E-state index contributed by atoms with van der Waals surface area (Å²) in [4.78, 5) is 24.6. The Morgan fingerprint density at radius 3 is 2.60 bits per heavy atom. The number of thiocarbonyl (C=S) groups is 1. The van der Waals surface area contributed by atoms with E-state index in [0.717, 1.165) is 22.2 Å². The summed E-state index contributed by atoms with van der Waals surface area (Å²) in [5.74, 6) is -0.143. The minimum atomic E-state index is -1.10. The summed E-state index contributed by atoms with van der Waals surface area (Å²) in [5, 5.41) is 8.86. The first kappa shape index (κ1) is 17.2. The van der Waals surface area contributed by atoms with Crippen molar-refractivity contribution in [3.63, 3.8) is 0 Å². The van der Waals surface area contributed by atoms with Gasteiger partial charge in [-0.15, -0.1) is 0 Å². The Labute approximate surface area is 153 Å². The van der Waals surface area contributed by atoms with Crippen LogP contribution in [0.2, 0.25) is 0 Å². The number of hydrogen-bond acceptors (Lipinski definition) is 5. The van der Waals surface area contributed by atoms with Gasteiger partial charge in [0, 0.05) is 0 Å². The van der Waals surface area contributed by atoms with Crippen molar-refractivity contribution in [3.8, 4) is 11.5 Å². The number of amides is 1. The predicted octanol–water partition coefficient (Wildman–Crippen LogP) is 3.76. The normalized spacial score (nSPS) is 15.7. The van der Waals surface area contributed by atoms with Crippen LogP contribution in [0.1, 0.15) is 5.56 Å². The molecule has 0 unspecified atom stereocenters. The van der Waals surface area contributed by atoms with Crippen LogP contribution < -0.4 is 4.74 Å². The number of nitrogens with zero attached hydrogens (tertiary/aromatic N) is 1. The number of hydrogen-bond donors (Lipinski definition) is 1. The number of benzene rings is 2. The fourth-order valence-corrected chi connectivity index (χ4v) is 3.47. The molecule has 1 amide bonds. The summed E-state index contributed by atoms with van der Waals surface area (Å²) in [7, 11) is 0. The van der Waals surface area contributed by atoms with Crippen molar-refractivity contribution >= 4 is 46.3 Å². The number of para-hydroxylation sites is 1. The quantitative estimate of drug-likeness (QED) is 0.638. The molecule has 1 fully saturated rings. The number of ether oxygens (including phenoxy) is 1. The fourth-order valence-electron chi connectivity index (χ4n) is 2.22. The first-order chi connectivity index (χ1) is 12.0. The van der Waals surface area contributed by atoms with Crippen molar-refractivity contribution in [2.24, 2.45) is 0 Å². The Kier molecular flexibility index (Phi) is 5.16. The lowest BCUT2D eigenvalue weighted by Gasteiger charge is -2.10. The maximum absolute atomic E-state index is 12.3. The van der Waals surface area contributed by atoms with E-state index in [1.54, 1.807) is 12.1 Å². The number of carboxylic acid groups (broad SMARTS) is 1. The van der Waals surface area contributed by atoms with Gasteiger partial charge >= 0.3 is 5.97 Å². The Morgan fingerprint density at radius 1 is 1.16 bits per heavy atom. The maximum Gasteiger partial charge on any atom is 0.323 e. The summed E-state index contributed by atoms with van der Waals surface area (Å²) >= 11 is 6.17. The van der Waals surface area contributed by atoms with Crippen LogP contribution in [0, 0.1) is 0 Å². The minimum absolute atomic E-state index is 0.246. The summed E-state index contributed by atoms with van der Waals surface area (Å²) in [6, 6.07) is 16.6. The molecular weight excluding hydrogens is 358 g/mol. The van der Waals surface area contributed by atoms with Gasteiger partial charge in [-0.3, -0.25) is 14.5 Å². The largest absolute Gasteiger partial charge is 0.480 e. The molecule has 1 aliphatic rings. The van der Waals surface area contributed by atoms with Crippen molar-refractivity contribution in [1.29, 1.82) is 0 Å². The Bertz CT molecular complexity index is 864. The third kappa shape index (κ3) is 4.26. The molecule has 126 valence electrons. The first-order valence-electron chi connectivity index (χ1n) is 7.33. The van der Waals surface area contributed by atoms with Gasteiger partial charge in [-0.25, -0.2) is 0 Å². The van der Waals surface area contributed by atoms with Crippen LogP contribution >= 0.6 is 24.0 Å². The van der Waals surface area contributed by atoms with E-state index in [9.17, 15) is 9.59 Å². The molecule has 7 heteroatoms. The van der Waals surface area contributed by atoms with Crippen LogP contribution in [0.4, 0.5) is 0 Å².